The Balaban J connectivity index is 1.30. The van der Waals surface area contributed by atoms with E-state index in [1.807, 2.05) is 22.7 Å². The molecule has 194 valence electrons. The van der Waals surface area contributed by atoms with Gasteiger partial charge < -0.3 is 0 Å². The Kier molecular flexibility index (Phi) is 4.67. The predicted octanol–water partition coefficient (Wildman–Crippen LogP) is 9.64. The molecule has 6 heteroatoms. The lowest BCUT2D eigenvalue weighted by Gasteiger charge is -2.19. The molecule has 9 rings (SSSR count). The molecule has 0 bridgehead atoms. The summed E-state index contributed by atoms with van der Waals surface area (Å²) in [5, 5.41) is 4.80. The molecule has 1 aliphatic carbocycles. The van der Waals surface area contributed by atoms with Gasteiger partial charge in [0.2, 0.25) is 0 Å². The minimum Gasteiger partial charge on any atom is -0.253 e. The first kappa shape index (κ1) is 23.2. The van der Waals surface area contributed by atoms with E-state index < -0.39 is 0 Å². The van der Waals surface area contributed by atoms with Crippen molar-refractivity contribution >= 4 is 66.3 Å². The van der Waals surface area contributed by atoms with Gasteiger partial charge >= 0.3 is 0 Å². The fourth-order valence-corrected chi connectivity index (χ4v) is 9.30. The second kappa shape index (κ2) is 8.26. The molecule has 0 aliphatic heterocycles. The van der Waals surface area contributed by atoms with Gasteiger partial charge in [-0.05, 0) is 51.4 Å². The van der Waals surface area contributed by atoms with Crippen LogP contribution >= 0.6 is 22.7 Å². The lowest BCUT2D eigenvalue weighted by Crippen LogP contribution is -2.12. The lowest BCUT2D eigenvalue weighted by molar-refractivity contribution is 0.676. The van der Waals surface area contributed by atoms with Crippen LogP contribution in [0.2, 0.25) is 0 Å². The molecule has 4 heterocycles. The van der Waals surface area contributed by atoms with E-state index in [1.54, 1.807) is 24.8 Å². The topological polar surface area (TPSA) is 51.6 Å². The van der Waals surface area contributed by atoms with Crippen molar-refractivity contribution in [1.29, 1.82) is 0 Å². The van der Waals surface area contributed by atoms with Crippen molar-refractivity contribution < 1.29 is 0 Å². The molecule has 4 aromatic heterocycles. The number of aromatic nitrogens is 4. The molecule has 1 aliphatic rings. The zero-order valence-electron chi connectivity index (χ0n) is 22.3. The zero-order valence-corrected chi connectivity index (χ0v) is 24.0. The summed E-state index contributed by atoms with van der Waals surface area (Å²) in [6.07, 6.45) is 7.15. The zero-order chi connectivity index (χ0) is 27.3. The Bertz CT molecular complexity index is 2090. The van der Waals surface area contributed by atoms with Gasteiger partial charge in [-0.15, -0.1) is 22.7 Å². The number of thiophene rings is 2. The van der Waals surface area contributed by atoms with E-state index >= 15 is 0 Å². The molecule has 0 amide bonds. The van der Waals surface area contributed by atoms with E-state index in [2.05, 4.69) is 96.6 Å². The first-order valence-electron chi connectivity index (χ1n) is 13.6. The number of nitrogens with zero attached hydrogens (tertiary/aromatic N) is 4. The molecule has 8 aromatic rings. The summed E-state index contributed by atoms with van der Waals surface area (Å²) in [4.78, 5) is 24.2. The third-order valence-corrected chi connectivity index (χ3v) is 11.1. The second-order valence-corrected chi connectivity index (χ2v) is 13.2. The van der Waals surface area contributed by atoms with Crippen LogP contribution in [0.4, 0.5) is 0 Å². The van der Waals surface area contributed by atoms with Crippen LogP contribution in [0.1, 0.15) is 24.3 Å². The highest BCUT2D eigenvalue weighted by atomic mass is 32.1. The molecule has 0 N–H and O–H groups in total. The highest BCUT2D eigenvalue weighted by molar-refractivity contribution is 7.21. The molecule has 0 saturated carbocycles. The van der Waals surface area contributed by atoms with Crippen LogP contribution in [0.15, 0.2) is 97.6 Å². The highest BCUT2D eigenvalue weighted by Crippen LogP contribution is 2.59. The number of hydrogen-bond donors (Lipinski definition) is 0. The molecule has 41 heavy (non-hydrogen) atoms. The van der Waals surface area contributed by atoms with Gasteiger partial charge in [0.1, 0.15) is 0 Å². The molecule has 0 atom stereocenters. The summed E-state index contributed by atoms with van der Waals surface area (Å²) < 4.78 is 0. The van der Waals surface area contributed by atoms with Gasteiger partial charge in [0.15, 0.2) is 0 Å². The Morgan fingerprint density at radius 3 is 1.73 bits per heavy atom. The quantitative estimate of drug-likeness (QED) is 0.197. The van der Waals surface area contributed by atoms with E-state index in [-0.39, 0.29) is 5.41 Å². The smallest absolute Gasteiger partial charge is 0.0979 e. The van der Waals surface area contributed by atoms with Crippen LogP contribution in [-0.4, -0.2) is 19.9 Å². The molecule has 4 aromatic carbocycles. The maximum absolute atomic E-state index is 4.81. The summed E-state index contributed by atoms with van der Waals surface area (Å²) in [7, 11) is 0. The molecule has 0 spiro atoms. The predicted molar refractivity (Wildman–Crippen MR) is 172 cm³/mol. The molecule has 0 fully saturated rings. The van der Waals surface area contributed by atoms with E-state index in [1.165, 1.54) is 63.3 Å². The molecule has 0 saturated heterocycles. The fourth-order valence-electron chi connectivity index (χ4n) is 6.49. The Morgan fingerprint density at radius 1 is 0.585 bits per heavy atom. The van der Waals surface area contributed by atoms with Crippen LogP contribution in [-0.2, 0) is 5.41 Å². The Labute approximate surface area is 244 Å². The van der Waals surface area contributed by atoms with Gasteiger partial charge in [0.05, 0.1) is 22.1 Å². The van der Waals surface area contributed by atoms with Crippen molar-refractivity contribution in [2.75, 3.05) is 0 Å². The SMILES string of the molecule is CC1(C)c2cc(-c3c4ccccc4cc4nccnc34)sc2-c2cc(-c3c4ccccc4cc4nccnc34)sc21. The van der Waals surface area contributed by atoms with Gasteiger partial charge in [0.25, 0.3) is 0 Å². The Hall–Kier alpha value is -4.52. The Morgan fingerprint density at radius 2 is 1.12 bits per heavy atom. The monoisotopic (exact) mass is 562 g/mol. The minimum absolute atomic E-state index is 0.111. The van der Waals surface area contributed by atoms with Gasteiger partial charge in [0, 0.05) is 66.4 Å². The van der Waals surface area contributed by atoms with E-state index in [9.17, 15) is 0 Å². The van der Waals surface area contributed by atoms with Crippen molar-refractivity contribution in [3.63, 3.8) is 0 Å². The molecular formula is C35H22N4S2. The maximum Gasteiger partial charge on any atom is 0.0979 e. The first-order valence-corrected chi connectivity index (χ1v) is 15.3. The minimum atomic E-state index is -0.111. The second-order valence-electron chi connectivity index (χ2n) is 11.1. The van der Waals surface area contributed by atoms with Gasteiger partial charge in [-0.3, -0.25) is 19.9 Å². The summed E-state index contributed by atoms with van der Waals surface area (Å²) in [6.45, 7) is 4.72. The highest BCUT2D eigenvalue weighted by Gasteiger charge is 2.40. The number of fused-ring (bicyclic) bond motifs is 7. The first-order chi connectivity index (χ1) is 20.1. The molecule has 4 nitrogen and oxygen atoms in total. The summed E-state index contributed by atoms with van der Waals surface area (Å²) in [5.41, 5.74) is 8.73. The maximum atomic E-state index is 4.81. The van der Waals surface area contributed by atoms with Crippen LogP contribution < -0.4 is 0 Å². The average Bonchev–Trinajstić information content (AvgIpc) is 3.68. The van der Waals surface area contributed by atoms with Crippen molar-refractivity contribution in [3.8, 4) is 31.3 Å². The van der Waals surface area contributed by atoms with Crippen molar-refractivity contribution in [1.82, 2.24) is 19.9 Å². The largest absolute Gasteiger partial charge is 0.253 e. The number of hydrogen-bond acceptors (Lipinski definition) is 6. The number of benzene rings is 4. The van der Waals surface area contributed by atoms with Crippen molar-refractivity contribution in [3.05, 3.63) is 108 Å². The van der Waals surface area contributed by atoms with Gasteiger partial charge in [-0.25, -0.2) is 0 Å². The summed E-state index contributed by atoms with van der Waals surface area (Å²) in [6, 6.07) is 26.2. The third-order valence-electron chi connectivity index (χ3n) is 8.41. The van der Waals surface area contributed by atoms with Gasteiger partial charge in [-0.2, -0.15) is 0 Å². The fraction of sp³-hybridized carbons (Fsp3) is 0.0857. The molecule has 0 radical (unpaired) electrons. The summed E-state index contributed by atoms with van der Waals surface area (Å²) in [5.74, 6) is 0. The molecule has 0 unspecified atom stereocenters. The normalized spacial score (nSPS) is 13.8. The van der Waals surface area contributed by atoms with E-state index in [0.717, 1.165) is 22.1 Å². The third kappa shape index (κ3) is 3.20. The number of rotatable bonds is 2. The molecular weight excluding hydrogens is 541 g/mol. The van der Waals surface area contributed by atoms with Crippen LogP contribution in [0.25, 0.3) is 74.9 Å². The van der Waals surface area contributed by atoms with Gasteiger partial charge in [-0.1, -0.05) is 62.4 Å². The van der Waals surface area contributed by atoms with Crippen molar-refractivity contribution in [2.45, 2.75) is 19.3 Å². The van der Waals surface area contributed by atoms with Crippen molar-refractivity contribution in [2.24, 2.45) is 0 Å². The van der Waals surface area contributed by atoms with Crippen LogP contribution in [0, 0.1) is 0 Å². The standard InChI is InChI=1S/C35H22N4S2/c1-35(2)24-18-28(30-22-10-6-4-8-20(22)16-26-32(30)39-14-12-37-26)40-33(24)23-17-27(41-34(23)35)29-21-9-5-3-7-19(21)15-25-31(29)38-13-11-36-25/h3-18H,1-2H3. The van der Waals surface area contributed by atoms with E-state index in [4.69, 9.17) is 9.97 Å². The van der Waals surface area contributed by atoms with Crippen LogP contribution in [0.3, 0.4) is 0 Å². The van der Waals surface area contributed by atoms with E-state index in [0.29, 0.717) is 0 Å². The lowest BCUT2D eigenvalue weighted by atomic mass is 9.88. The summed E-state index contributed by atoms with van der Waals surface area (Å²) >= 11 is 3.77. The van der Waals surface area contributed by atoms with Crippen LogP contribution in [0.5, 0.6) is 0 Å². The average molecular weight is 563 g/mol.